The Hall–Kier alpha value is -3.94. The summed E-state index contributed by atoms with van der Waals surface area (Å²) in [5, 5.41) is 0. The van der Waals surface area contributed by atoms with E-state index in [1.807, 2.05) is 0 Å². The Bertz CT molecular complexity index is 1270. The number of oxazole rings is 1. The molecule has 2 aromatic carbocycles. The van der Waals surface area contributed by atoms with Crippen LogP contribution < -0.4 is 15.4 Å². The number of aromatic nitrogens is 1. The topological polar surface area (TPSA) is 98.8 Å². The third-order valence-electron chi connectivity index (χ3n) is 4.91. The van der Waals surface area contributed by atoms with Crippen LogP contribution in [0.15, 0.2) is 58.3 Å². The molecule has 0 aliphatic carbocycles. The van der Waals surface area contributed by atoms with Crippen molar-refractivity contribution in [1.29, 1.82) is 0 Å². The van der Waals surface area contributed by atoms with Gasteiger partial charge >= 0.3 is 5.76 Å². The predicted octanol–water partition coefficient (Wildman–Crippen LogP) is 2.59. The lowest BCUT2D eigenvalue weighted by molar-refractivity contribution is -0.121. The van der Waals surface area contributed by atoms with Crippen molar-refractivity contribution in [3.8, 4) is 5.75 Å². The molecule has 0 saturated heterocycles. The van der Waals surface area contributed by atoms with E-state index < -0.39 is 5.76 Å². The fourth-order valence-electron chi connectivity index (χ4n) is 3.37. The van der Waals surface area contributed by atoms with Crippen LogP contribution in [0.4, 0.5) is 5.69 Å². The van der Waals surface area contributed by atoms with E-state index in [1.165, 1.54) is 22.5 Å². The van der Waals surface area contributed by atoms with Crippen molar-refractivity contribution in [3.05, 3.63) is 70.7 Å². The number of benzene rings is 2. The van der Waals surface area contributed by atoms with Gasteiger partial charge in [0, 0.05) is 17.7 Å². The fraction of sp³-hybridized carbons (Fsp3) is 0.182. The van der Waals surface area contributed by atoms with Crippen LogP contribution in [0.25, 0.3) is 11.1 Å². The normalized spacial score (nSPS) is 13.1. The minimum atomic E-state index is -0.691. The summed E-state index contributed by atoms with van der Waals surface area (Å²) in [7, 11) is 0. The first kappa shape index (κ1) is 19.4. The first-order chi connectivity index (χ1) is 14.4. The molecule has 0 radical (unpaired) electrons. The minimum absolute atomic E-state index is 0.0766. The molecule has 0 unspecified atom stereocenters. The molecule has 0 fully saturated rings. The van der Waals surface area contributed by atoms with E-state index in [4.69, 9.17) is 9.15 Å². The molecule has 2 heterocycles. The average molecular weight is 406 g/mol. The van der Waals surface area contributed by atoms with Gasteiger partial charge in [-0.2, -0.15) is 0 Å². The van der Waals surface area contributed by atoms with Gasteiger partial charge in [0.05, 0.1) is 17.7 Å². The lowest BCUT2D eigenvalue weighted by Crippen LogP contribution is -2.39. The highest BCUT2D eigenvalue weighted by atomic mass is 16.5. The summed E-state index contributed by atoms with van der Waals surface area (Å²) in [6.45, 7) is 5.03. The Labute approximate surface area is 171 Å². The van der Waals surface area contributed by atoms with Gasteiger partial charge in [0.15, 0.2) is 23.8 Å². The van der Waals surface area contributed by atoms with Crippen molar-refractivity contribution in [1.82, 2.24) is 4.57 Å². The second-order valence-corrected chi connectivity index (χ2v) is 6.88. The summed E-state index contributed by atoms with van der Waals surface area (Å²) in [5.74, 6) is -0.919. The lowest BCUT2D eigenvalue weighted by atomic mass is 10.1. The SMILES string of the molecule is C=CCN1C(=O)COc2ccc(C(=O)Cn3c(=O)oc4cc(C(C)=O)ccc43)cc21. The number of carbonyl (C=O) groups is 3. The summed E-state index contributed by atoms with van der Waals surface area (Å²) >= 11 is 0. The highest BCUT2D eigenvalue weighted by Gasteiger charge is 2.26. The zero-order chi connectivity index (χ0) is 21.4. The summed E-state index contributed by atoms with van der Waals surface area (Å²) in [6, 6.07) is 9.42. The van der Waals surface area contributed by atoms with Crippen LogP contribution in [0, 0.1) is 0 Å². The van der Waals surface area contributed by atoms with Gasteiger partial charge in [0.2, 0.25) is 0 Å². The molecule has 1 amide bonds. The first-order valence-electron chi connectivity index (χ1n) is 9.24. The quantitative estimate of drug-likeness (QED) is 0.461. The van der Waals surface area contributed by atoms with Gasteiger partial charge < -0.3 is 14.1 Å². The van der Waals surface area contributed by atoms with Crippen LogP contribution in [0.1, 0.15) is 27.6 Å². The van der Waals surface area contributed by atoms with E-state index in [0.717, 1.165) is 0 Å². The zero-order valence-electron chi connectivity index (χ0n) is 16.2. The number of ketones is 2. The van der Waals surface area contributed by atoms with Crippen molar-refractivity contribution in [2.24, 2.45) is 0 Å². The van der Waals surface area contributed by atoms with Gasteiger partial charge in [-0.3, -0.25) is 19.0 Å². The standard InChI is InChI=1S/C22H18N2O6/c1-3-8-23-17-9-15(5-7-19(17)29-12-21(23)27)18(26)11-24-16-6-4-14(13(2)25)10-20(16)30-22(24)28/h3-7,9-10H,1,8,11-12H2,2H3. The van der Waals surface area contributed by atoms with Gasteiger partial charge in [-0.05, 0) is 43.3 Å². The molecular formula is C22H18N2O6. The van der Waals surface area contributed by atoms with E-state index in [2.05, 4.69) is 6.58 Å². The molecule has 8 nitrogen and oxygen atoms in total. The van der Waals surface area contributed by atoms with Crippen molar-refractivity contribution < 1.29 is 23.5 Å². The highest BCUT2D eigenvalue weighted by molar-refractivity contribution is 6.02. The maximum Gasteiger partial charge on any atom is 0.420 e. The second-order valence-electron chi connectivity index (χ2n) is 6.88. The number of carbonyl (C=O) groups excluding carboxylic acids is 3. The molecule has 1 aliphatic heterocycles. The zero-order valence-corrected chi connectivity index (χ0v) is 16.2. The molecule has 8 heteroatoms. The molecule has 4 rings (SSSR count). The number of fused-ring (bicyclic) bond motifs is 2. The minimum Gasteiger partial charge on any atom is -0.482 e. The lowest BCUT2D eigenvalue weighted by Gasteiger charge is -2.28. The van der Waals surface area contributed by atoms with E-state index in [9.17, 15) is 19.2 Å². The number of ether oxygens (including phenoxy) is 1. The number of anilines is 1. The van der Waals surface area contributed by atoms with Crippen molar-refractivity contribution in [2.75, 3.05) is 18.1 Å². The molecule has 3 aromatic rings. The number of amides is 1. The molecule has 30 heavy (non-hydrogen) atoms. The van der Waals surface area contributed by atoms with Crippen molar-refractivity contribution in [3.63, 3.8) is 0 Å². The number of nitrogens with zero attached hydrogens (tertiary/aromatic N) is 2. The van der Waals surface area contributed by atoms with Crippen molar-refractivity contribution in [2.45, 2.75) is 13.5 Å². The van der Waals surface area contributed by atoms with Crippen LogP contribution >= 0.6 is 0 Å². The van der Waals surface area contributed by atoms with Gasteiger partial charge in [-0.25, -0.2) is 4.79 Å². The first-order valence-corrected chi connectivity index (χ1v) is 9.24. The smallest absolute Gasteiger partial charge is 0.420 e. The summed E-state index contributed by atoms with van der Waals surface area (Å²) < 4.78 is 11.8. The molecular weight excluding hydrogens is 388 g/mol. The Morgan fingerprint density at radius 2 is 1.90 bits per heavy atom. The monoisotopic (exact) mass is 406 g/mol. The van der Waals surface area contributed by atoms with E-state index in [1.54, 1.807) is 36.4 Å². The third-order valence-corrected chi connectivity index (χ3v) is 4.91. The Morgan fingerprint density at radius 3 is 2.63 bits per heavy atom. The maximum absolute atomic E-state index is 12.9. The van der Waals surface area contributed by atoms with Gasteiger partial charge in [0.25, 0.3) is 5.91 Å². The number of hydrogen-bond donors (Lipinski definition) is 0. The highest BCUT2D eigenvalue weighted by Crippen LogP contribution is 2.33. The number of hydrogen-bond acceptors (Lipinski definition) is 6. The Morgan fingerprint density at radius 1 is 1.13 bits per heavy atom. The summed E-state index contributed by atoms with van der Waals surface area (Å²) in [5.41, 5.74) is 1.87. The number of Topliss-reactive ketones (excluding diaryl/α,β-unsaturated/α-hetero) is 2. The molecule has 152 valence electrons. The molecule has 0 saturated carbocycles. The van der Waals surface area contributed by atoms with Gasteiger partial charge in [-0.15, -0.1) is 6.58 Å². The molecule has 0 N–H and O–H groups in total. The van der Waals surface area contributed by atoms with Crippen LogP contribution in [-0.4, -0.2) is 35.2 Å². The van der Waals surface area contributed by atoms with Gasteiger partial charge in [0.1, 0.15) is 5.75 Å². The largest absolute Gasteiger partial charge is 0.482 e. The number of rotatable bonds is 6. The van der Waals surface area contributed by atoms with Crippen LogP contribution in [0.2, 0.25) is 0 Å². The predicted molar refractivity (Wildman–Crippen MR) is 109 cm³/mol. The fourth-order valence-corrected chi connectivity index (χ4v) is 3.37. The maximum atomic E-state index is 12.9. The molecule has 0 spiro atoms. The Kier molecular flexibility index (Phi) is 4.83. The van der Waals surface area contributed by atoms with E-state index >= 15 is 0 Å². The van der Waals surface area contributed by atoms with Crippen molar-refractivity contribution >= 4 is 34.3 Å². The molecule has 1 aliphatic rings. The summed E-state index contributed by atoms with van der Waals surface area (Å²) in [4.78, 5) is 50.3. The molecule has 1 aromatic heterocycles. The van der Waals surface area contributed by atoms with E-state index in [0.29, 0.717) is 28.1 Å². The molecule has 0 bridgehead atoms. The van der Waals surface area contributed by atoms with E-state index in [-0.39, 0.29) is 42.8 Å². The van der Waals surface area contributed by atoms with Crippen LogP contribution in [-0.2, 0) is 11.3 Å². The Balaban J connectivity index is 1.67. The van der Waals surface area contributed by atoms with Crippen LogP contribution in [0.5, 0.6) is 5.75 Å². The van der Waals surface area contributed by atoms with Gasteiger partial charge in [-0.1, -0.05) is 6.08 Å². The molecule has 0 atom stereocenters. The average Bonchev–Trinajstić information content (AvgIpc) is 3.04. The summed E-state index contributed by atoms with van der Waals surface area (Å²) in [6.07, 6.45) is 1.59. The third kappa shape index (κ3) is 3.32. The van der Waals surface area contributed by atoms with Crippen LogP contribution in [0.3, 0.4) is 0 Å². The second kappa shape index (κ2) is 7.47.